The summed E-state index contributed by atoms with van der Waals surface area (Å²) in [5.41, 5.74) is 1.61. The molecule has 2 rings (SSSR count). The molecule has 0 atom stereocenters. The van der Waals surface area contributed by atoms with Gasteiger partial charge in [-0.2, -0.15) is 0 Å². The summed E-state index contributed by atoms with van der Waals surface area (Å²) in [4.78, 5) is 19.1. The fourth-order valence-corrected chi connectivity index (χ4v) is 2.74. The smallest absolute Gasteiger partial charge is 0.347 e. The van der Waals surface area contributed by atoms with Gasteiger partial charge in [0.2, 0.25) is 5.69 Å². The molecule has 7 heteroatoms. The van der Waals surface area contributed by atoms with Gasteiger partial charge in [-0.05, 0) is 25.0 Å². The standard InChI is InChI=1S/C16H16N2O3S.Y/c1-9(2)8-21-13-6-5-11(7-12(13)17-4)15-18-10(3)14(22-15)16(19)20;/h5-7,9H,8H2,1-3H3,(H,19,20);. The Morgan fingerprint density at radius 1 is 1.48 bits per heavy atom. The van der Waals surface area contributed by atoms with E-state index in [1.165, 1.54) is 0 Å². The topological polar surface area (TPSA) is 63.8 Å². The Bertz CT molecular complexity index is 750. The number of aromatic carboxylic acids is 1. The molecule has 0 aliphatic heterocycles. The normalized spacial score (nSPS) is 10.0. The van der Waals surface area contributed by atoms with Gasteiger partial charge in [0, 0.05) is 38.3 Å². The van der Waals surface area contributed by atoms with E-state index in [2.05, 4.69) is 9.83 Å². The van der Waals surface area contributed by atoms with Crippen molar-refractivity contribution in [2.24, 2.45) is 5.92 Å². The molecule has 1 aromatic heterocycles. The molecule has 0 fully saturated rings. The van der Waals surface area contributed by atoms with E-state index in [1.807, 2.05) is 13.8 Å². The first-order valence-corrected chi connectivity index (χ1v) is 7.59. The molecule has 0 spiro atoms. The van der Waals surface area contributed by atoms with Crippen molar-refractivity contribution in [1.82, 2.24) is 4.98 Å². The number of hydrogen-bond acceptors (Lipinski definition) is 4. The third-order valence-corrected chi connectivity index (χ3v) is 4.08. The van der Waals surface area contributed by atoms with Crippen LogP contribution in [0.4, 0.5) is 5.69 Å². The van der Waals surface area contributed by atoms with Crippen molar-refractivity contribution in [3.63, 3.8) is 0 Å². The van der Waals surface area contributed by atoms with Crippen molar-refractivity contribution in [1.29, 1.82) is 0 Å². The van der Waals surface area contributed by atoms with Crippen molar-refractivity contribution < 1.29 is 47.3 Å². The van der Waals surface area contributed by atoms with Crippen LogP contribution in [0, 0.1) is 19.4 Å². The first-order chi connectivity index (χ1) is 10.4. The molecular formula is C16H16N2O3SY. The van der Waals surface area contributed by atoms with Gasteiger partial charge in [0.25, 0.3) is 0 Å². The molecule has 0 unspecified atom stereocenters. The summed E-state index contributed by atoms with van der Waals surface area (Å²) in [6.45, 7) is 13.6. The van der Waals surface area contributed by atoms with Crippen LogP contribution in [-0.2, 0) is 32.7 Å². The molecule has 1 N–H and O–H groups in total. The van der Waals surface area contributed by atoms with E-state index in [1.54, 1.807) is 25.1 Å². The minimum absolute atomic E-state index is 0. The summed E-state index contributed by atoms with van der Waals surface area (Å²) in [5, 5.41) is 9.69. The largest absolute Gasteiger partial charge is 0.504 e. The van der Waals surface area contributed by atoms with E-state index >= 15 is 0 Å². The second-order valence-corrected chi connectivity index (χ2v) is 6.24. The van der Waals surface area contributed by atoms with E-state index < -0.39 is 5.97 Å². The van der Waals surface area contributed by atoms with Gasteiger partial charge in [0.05, 0.1) is 18.9 Å². The number of carboxylic acids is 1. The van der Waals surface area contributed by atoms with Crippen molar-refractivity contribution in [3.8, 4) is 16.3 Å². The van der Waals surface area contributed by atoms with Crippen LogP contribution in [0.15, 0.2) is 18.2 Å². The minimum atomic E-state index is -0.983. The van der Waals surface area contributed by atoms with Crippen molar-refractivity contribution in [2.45, 2.75) is 20.8 Å². The third kappa shape index (κ3) is 4.84. The maximum absolute atomic E-state index is 11.1. The van der Waals surface area contributed by atoms with Crippen molar-refractivity contribution in [2.75, 3.05) is 6.61 Å². The molecule has 5 nitrogen and oxygen atoms in total. The predicted molar refractivity (Wildman–Crippen MR) is 85.8 cm³/mol. The Kier molecular flexibility index (Phi) is 7.33. The molecule has 0 saturated carbocycles. The molecular weight excluding hydrogens is 389 g/mol. The summed E-state index contributed by atoms with van der Waals surface area (Å²) in [6, 6.07) is 5.23. The Morgan fingerprint density at radius 2 is 2.17 bits per heavy atom. The van der Waals surface area contributed by atoms with Crippen LogP contribution in [0.5, 0.6) is 5.75 Å². The molecule has 0 aliphatic rings. The Hall–Kier alpha value is -1.29. The monoisotopic (exact) mass is 405 g/mol. The molecule has 1 aromatic carbocycles. The van der Waals surface area contributed by atoms with Crippen LogP contribution in [-0.4, -0.2) is 22.7 Å². The van der Waals surface area contributed by atoms with Gasteiger partial charge in [0.15, 0.2) is 0 Å². The van der Waals surface area contributed by atoms with Gasteiger partial charge in [-0.15, -0.1) is 11.3 Å². The number of rotatable bonds is 5. The van der Waals surface area contributed by atoms with Gasteiger partial charge in [0.1, 0.15) is 15.6 Å². The Morgan fingerprint density at radius 3 is 2.70 bits per heavy atom. The maximum Gasteiger partial charge on any atom is 0.347 e. The number of aromatic nitrogens is 1. The van der Waals surface area contributed by atoms with Crippen molar-refractivity contribution >= 4 is 23.0 Å². The first kappa shape index (κ1) is 19.8. The van der Waals surface area contributed by atoms with Crippen molar-refractivity contribution in [3.05, 3.63) is 40.2 Å². The number of benzene rings is 1. The SMILES string of the molecule is [C-]#[N+]c1cc(-c2nc(C)c(C(=O)O)s2)ccc1OCC(C)C.[Y]. The summed E-state index contributed by atoms with van der Waals surface area (Å²) in [7, 11) is 0. The number of ether oxygens (including phenoxy) is 1. The second kappa shape index (κ2) is 8.53. The van der Waals surface area contributed by atoms with E-state index in [4.69, 9.17) is 16.4 Å². The van der Waals surface area contributed by atoms with E-state index in [0.717, 1.165) is 16.9 Å². The molecule has 0 amide bonds. The quantitative estimate of drug-likeness (QED) is 0.749. The predicted octanol–water partition coefficient (Wildman–Crippen LogP) is 4.40. The number of thiazole rings is 1. The van der Waals surface area contributed by atoms with Gasteiger partial charge in [-0.1, -0.05) is 19.9 Å². The molecule has 0 aliphatic carbocycles. The van der Waals surface area contributed by atoms with Gasteiger partial charge in [-0.3, -0.25) is 0 Å². The van der Waals surface area contributed by atoms with Gasteiger partial charge < -0.3 is 9.84 Å². The fraction of sp³-hybridized carbons (Fsp3) is 0.312. The fourth-order valence-electron chi connectivity index (χ4n) is 1.83. The average Bonchev–Trinajstić information content (AvgIpc) is 2.87. The molecule has 117 valence electrons. The number of carbonyl (C=O) groups is 1. The number of nitrogens with zero attached hydrogens (tertiary/aromatic N) is 2. The maximum atomic E-state index is 11.1. The Balaban J connectivity index is 0.00000264. The average molecular weight is 405 g/mol. The Labute approximate surface area is 164 Å². The minimum Gasteiger partial charge on any atom is -0.504 e. The molecule has 23 heavy (non-hydrogen) atoms. The van der Waals surface area contributed by atoms with E-state index in [0.29, 0.717) is 34.7 Å². The van der Waals surface area contributed by atoms with Crippen LogP contribution in [0.25, 0.3) is 15.4 Å². The zero-order valence-corrected chi connectivity index (χ0v) is 16.8. The number of aryl methyl sites for hydroxylation is 1. The summed E-state index contributed by atoms with van der Waals surface area (Å²) in [5.74, 6) is -0.0688. The van der Waals surface area contributed by atoms with Gasteiger partial charge >= 0.3 is 5.97 Å². The number of hydrogen-bond donors (Lipinski definition) is 1. The second-order valence-electron chi connectivity index (χ2n) is 5.24. The van der Waals surface area contributed by atoms with E-state index in [9.17, 15) is 4.79 Å². The molecule has 2 aromatic rings. The van der Waals surface area contributed by atoms with E-state index in [-0.39, 0.29) is 37.6 Å². The van der Waals surface area contributed by atoms with Crippen LogP contribution in [0.3, 0.4) is 0 Å². The summed E-state index contributed by atoms with van der Waals surface area (Å²) in [6.07, 6.45) is 0. The molecule has 1 radical (unpaired) electrons. The first-order valence-electron chi connectivity index (χ1n) is 6.77. The zero-order chi connectivity index (χ0) is 16.3. The zero-order valence-electron chi connectivity index (χ0n) is 13.2. The van der Waals surface area contributed by atoms with Gasteiger partial charge in [-0.25, -0.2) is 14.6 Å². The summed E-state index contributed by atoms with van der Waals surface area (Å²) >= 11 is 1.11. The molecule has 0 saturated heterocycles. The number of carboxylic acid groups (broad SMARTS) is 1. The van der Waals surface area contributed by atoms with Crippen LogP contribution >= 0.6 is 11.3 Å². The van der Waals surface area contributed by atoms with Crippen LogP contribution < -0.4 is 4.74 Å². The third-order valence-electron chi connectivity index (χ3n) is 2.89. The molecule has 1 heterocycles. The van der Waals surface area contributed by atoms with Crippen LogP contribution in [0.2, 0.25) is 0 Å². The van der Waals surface area contributed by atoms with Crippen LogP contribution in [0.1, 0.15) is 29.2 Å². The molecule has 0 bridgehead atoms. The summed E-state index contributed by atoms with van der Waals surface area (Å²) < 4.78 is 5.62.